The standard InChI is InChI=1S/C12H14N2OS/c1-9(15)11(8-13-2)12(16)14-10-6-4-3-5-7-10/h3-8,13H,1-2H3,(H,14,16)/b11-8+. The molecule has 16 heavy (non-hydrogen) atoms. The monoisotopic (exact) mass is 234 g/mol. The highest BCUT2D eigenvalue weighted by Gasteiger charge is 2.09. The molecule has 2 N–H and O–H groups in total. The first-order valence-corrected chi connectivity index (χ1v) is 5.30. The van der Waals surface area contributed by atoms with Crippen molar-refractivity contribution in [1.29, 1.82) is 0 Å². The topological polar surface area (TPSA) is 41.1 Å². The molecule has 0 atom stereocenters. The molecule has 0 aliphatic heterocycles. The summed E-state index contributed by atoms with van der Waals surface area (Å²) >= 11 is 5.16. The van der Waals surface area contributed by atoms with Gasteiger partial charge in [0.1, 0.15) is 4.99 Å². The van der Waals surface area contributed by atoms with E-state index in [1.807, 2.05) is 30.3 Å². The molecule has 0 unspecified atom stereocenters. The van der Waals surface area contributed by atoms with Crippen molar-refractivity contribution in [2.75, 3.05) is 12.4 Å². The van der Waals surface area contributed by atoms with Crippen LogP contribution in [0.2, 0.25) is 0 Å². The molecule has 3 nitrogen and oxygen atoms in total. The average Bonchev–Trinajstić information content (AvgIpc) is 2.26. The van der Waals surface area contributed by atoms with E-state index in [2.05, 4.69) is 10.6 Å². The van der Waals surface area contributed by atoms with E-state index in [1.54, 1.807) is 13.2 Å². The molecule has 84 valence electrons. The second-order valence-corrected chi connectivity index (χ2v) is 3.63. The Bertz CT molecular complexity index is 412. The van der Waals surface area contributed by atoms with Crippen LogP contribution < -0.4 is 10.6 Å². The third kappa shape index (κ3) is 3.47. The number of thiocarbonyl (C=S) groups is 1. The minimum Gasteiger partial charge on any atom is -0.393 e. The van der Waals surface area contributed by atoms with E-state index in [0.717, 1.165) is 5.69 Å². The first-order chi connectivity index (χ1) is 7.65. The van der Waals surface area contributed by atoms with Crippen LogP contribution in [0, 0.1) is 0 Å². The summed E-state index contributed by atoms with van der Waals surface area (Å²) in [6.45, 7) is 1.49. The van der Waals surface area contributed by atoms with Gasteiger partial charge in [-0.3, -0.25) is 4.79 Å². The summed E-state index contributed by atoms with van der Waals surface area (Å²) in [4.78, 5) is 11.8. The third-order valence-electron chi connectivity index (χ3n) is 1.94. The molecule has 0 aliphatic rings. The van der Waals surface area contributed by atoms with Gasteiger partial charge < -0.3 is 10.6 Å². The van der Waals surface area contributed by atoms with Gasteiger partial charge in [-0.2, -0.15) is 0 Å². The molecule has 0 aliphatic carbocycles. The van der Waals surface area contributed by atoms with E-state index in [9.17, 15) is 4.79 Å². The summed E-state index contributed by atoms with van der Waals surface area (Å²) in [7, 11) is 1.73. The van der Waals surface area contributed by atoms with Crippen molar-refractivity contribution < 1.29 is 4.79 Å². The molecule has 0 saturated carbocycles. The number of carbonyl (C=O) groups excluding carboxylic acids is 1. The highest BCUT2D eigenvalue weighted by atomic mass is 32.1. The van der Waals surface area contributed by atoms with Crippen LogP contribution in [0.15, 0.2) is 42.1 Å². The van der Waals surface area contributed by atoms with Gasteiger partial charge in [-0.05, 0) is 19.1 Å². The molecule has 0 radical (unpaired) electrons. The van der Waals surface area contributed by atoms with Crippen LogP contribution in [0.1, 0.15) is 6.92 Å². The predicted molar refractivity (Wildman–Crippen MR) is 70.5 cm³/mol. The SMILES string of the molecule is CN/C=C(\C(C)=O)C(=S)Nc1ccccc1. The summed E-state index contributed by atoms with van der Waals surface area (Å²) in [6, 6.07) is 9.51. The van der Waals surface area contributed by atoms with Crippen LogP contribution in [0.3, 0.4) is 0 Å². The average molecular weight is 234 g/mol. The number of Topliss-reactive ketones (excluding diaryl/α,β-unsaturated/α-hetero) is 1. The Kier molecular flexibility index (Phi) is 4.66. The molecule has 0 saturated heterocycles. The Morgan fingerprint density at radius 2 is 1.94 bits per heavy atom. The molecular formula is C12H14N2OS. The molecule has 0 heterocycles. The van der Waals surface area contributed by atoms with Crippen molar-refractivity contribution in [3.8, 4) is 0 Å². The number of para-hydroxylation sites is 1. The van der Waals surface area contributed by atoms with Crippen LogP contribution in [0.5, 0.6) is 0 Å². The summed E-state index contributed by atoms with van der Waals surface area (Å²) in [5, 5.41) is 5.82. The molecule has 1 aromatic carbocycles. The maximum absolute atomic E-state index is 11.3. The van der Waals surface area contributed by atoms with Gasteiger partial charge in [0.25, 0.3) is 0 Å². The second kappa shape index (κ2) is 6.02. The number of hydrogen-bond donors (Lipinski definition) is 2. The van der Waals surface area contributed by atoms with Crippen molar-refractivity contribution >= 4 is 28.7 Å². The van der Waals surface area contributed by atoms with E-state index < -0.39 is 0 Å². The van der Waals surface area contributed by atoms with Crippen molar-refractivity contribution in [2.24, 2.45) is 0 Å². The fraction of sp³-hybridized carbons (Fsp3) is 0.167. The zero-order valence-electron chi connectivity index (χ0n) is 9.28. The van der Waals surface area contributed by atoms with Gasteiger partial charge >= 0.3 is 0 Å². The van der Waals surface area contributed by atoms with Gasteiger partial charge in [0.05, 0.1) is 5.57 Å². The van der Waals surface area contributed by atoms with Crippen LogP contribution >= 0.6 is 12.2 Å². The Hall–Kier alpha value is -1.68. The largest absolute Gasteiger partial charge is 0.393 e. The van der Waals surface area contributed by atoms with Gasteiger partial charge in [-0.25, -0.2) is 0 Å². The molecule has 0 bridgehead atoms. The fourth-order valence-electron chi connectivity index (χ4n) is 1.19. The lowest BCUT2D eigenvalue weighted by molar-refractivity contribution is -0.113. The predicted octanol–water partition coefficient (Wildman–Crippen LogP) is 2.12. The number of ketones is 1. The maximum atomic E-state index is 11.3. The lowest BCUT2D eigenvalue weighted by Gasteiger charge is -2.09. The molecule has 0 aromatic heterocycles. The van der Waals surface area contributed by atoms with Crippen LogP contribution in [0.25, 0.3) is 0 Å². The van der Waals surface area contributed by atoms with Gasteiger partial charge in [-0.15, -0.1) is 0 Å². The molecule has 0 spiro atoms. The Balaban J connectivity index is 2.78. The fourth-order valence-corrected chi connectivity index (χ4v) is 1.51. The number of hydrogen-bond acceptors (Lipinski definition) is 3. The molecule has 4 heteroatoms. The number of anilines is 1. The Labute approximate surface area is 101 Å². The number of nitrogens with one attached hydrogen (secondary N) is 2. The zero-order valence-corrected chi connectivity index (χ0v) is 10.1. The minimum absolute atomic E-state index is 0.0669. The van der Waals surface area contributed by atoms with E-state index in [4.69, 9.17) is 12.2 Å². The third-order valence-corrected chi connectivity index (χ3v) is 2.27. The summed E-state index contributed by atoms with van der Waals surface area (Å²) in [5.41, 5.74) is 1.34. The second-order valence-electron chi connectivity index (χ2n) is 3.22. The number of benzene rings is 1. The van der Waals surface area contributed by atoms with Crippen molar-refractivity contribution in [2.45, 2.75) is 6.92 Å². The zero-order chi connectivity index (χ0) is 12.0. The molecular weight excluding hydrogens is 220 g/mol. The van der Waals surface area contributed by atoms with Crippen LogP contribution in [-0.4, -0.2) is 17.8 Å². The lowest BCUT2D eigenvalue weighted by Crippen LogP contribution is -2.19. The summed E-state index contributed by atoms with van der Waals surface area (Å²) in [6.07, 6.45) is 1.60. The van der Waals surface area contributed by atoms with Gasteiger partial charge in [0.2, 0.25) is 0 Å². The highest BCUT2D eigenvalue weighted by Crippen LogP contribution is 2.08. The van der Waals surface area contributed by atoms with E-state index in [1.165, 1.54) is 6.92 Å². The highest BCUT2D eigenvalue weighted by molar-refractivity contribution is 7.81. The Morgan fingerprint density at radius 1 is 1.31 bits per heavy atom. The quantitative estimate of drug-likeness (QED) is 0.618. The first kappa shape index (κ1) is 12.4. The lowest BCUT2D eigenvalue weighted by atomic mass is 10.2. The number of rotatable bonds is 4. The van der Waals surface area contributed by atoms with Crippen molar-refractivity contribution in [3.63, 3.8) is 0 Å². The van der Waals surface area contributed by atoms with Gasteiger partial charge in [0, 0.05) is 18.9 Å². The van der Waals surface area contributed by atoms with Crippen molar-refractivity contribution in [3.05, 3.63) is 42.1 Å². The smallest absolute Gasteiger partial charge is 0.164 e. The molecule has 0 fully saturated rings. The molecule has 1 aromatic rings. The minimum atomic E-state index is -0.0669. The van der Waals surface area contributed by atoms with Crippen LogP contribution in [0.4, 0.5) is 5.69 Å². The normalized spacial score (nSPS) is 10.8. The summed E-state index contributed by atoms with van der Waals surface area (Å²) in [5.74, 6) is -0.0669. The van der Waals surface area contributed by atoms with E-state index in [-0.39, 0.29) is 5.78 Å². The van der Waals surface area contributed by atoms with E-state index >= 15 is 0 Å². The van der Waals surface area contributed by atoms with Gasteiger partial charge in [0.15, 0.2) is 5.78 Å². The molecule has 0 amide bonds. The maximum Gasteiger partial charge on any atom is 0.164 e. The number of carbonyl (C=O) groups is 1. The van der Waals surface area contributed by atoms with Crippen LogP contribution in [-0.2, 0) is 4.79 Å². The van der Waals surface area contributed by atoms with E-state index in [0.29, 0.717) is 10.6 Å². The Morgan fingerprint density at radius 3 is 2.44 bits per heavy atom. The molecule has 1 rings (SSSR count). The summed E-state index contributed by atoms with van der Waals surface area (Å²) < 4.78 is 0. The van der Waals surface area contributed by atoms with Crippen molar-refractivity contribution in [1.82, 2.24) is 5.32 Å². The first-order valence-electron chi connectivity index (χ1n) is 4.90. The van der Waals surface area contributed by atoms with Gasteiger partial charge in [-0.1, -0.05) is 30.4 Å².